The van der Waals surface area contributed by atoms with Gasteiger partial charge in [-0.15, -0.1) is 0 Å². The van der Waals surface area contributed by atoms with E-state index < -0.39 is 5.66 Å². The van der Waals surface area contributed by atoms with Gasteiger partial charge in [0.25, 0.3) is 0 Å². The molecule has 128 valence electrons. The molecule has 4 rings (SSSR count). The molecule has 0 saturated heterocycles. The zero-order chi connectivity index (χ0) is 16.6. The highest BCUT2D eigenvalue weighted by atomic mass is 79.9. The quantitative estimate of drug-likeness (QED) is 0.621. The van der Waals surface area contributed by atoms with Gasteiger partial charge in [0, 0.05) is 18.1 Å². The lowest BCUT2D eigenvalue weighted by atomic mass is 9.93. The molecule has 2 aromatic carbocycles. The van der Waals surface area contributed by atoms with E-state index in [0.717, 1.165) is 22.0 Å². The van der Waals surface area contributed by atoms with Crippen LogP contribution in [0.1, 0.15) is 21.7 Å². The van der Waals surface area contributed by atoms with E-state index in [1.807, 2.05) is 43.3 Å². The van der Waals surface area contributed by atoms with Crippen LogP contribution in [0.2, 0.25) is 0 Å². The molecule has 0 unspecified atom stereocenters. The van der Waals surface area contributed by atoms with Crippen LogP contribution in [0.4, 0.5) is 5.13 Å². The lowest BCUT2D eigenvalue weighted by Gasteiger charge is -2.23. The number of nitrogens with one attached hydrogen (secondary N) is 2. The molecule has 2 N–H and O–H groups in total. The second-order valence-corrected chi connectivity index (χ2v) is 6.91. The number of hydrogen-bond acceptors (Lipinski definition) is 5. The fourth-order valence-corrected chi connectivity index (χ4v) is 3.58. The number of aromatic nitrogens is 1. The van der Waals surface area contributed by atoms with Crippen molar-refractivity contribution in [1.82, 2.24) is 15.9 Å². The van der Waals surface area contributed by atoms with E-state index in [1.54, 1.807) is 16.1 Å². The molecule has 0 bridgehead atoms. The van der Waals surface area contributed by atoms with Gasteiger partial charge in [-0.3, -0.25) is 0 Å². The van der Waals surface area contributed by atoms with E-state index in [9.17, 15) is 0 Å². The van der Waals surface area contributed by atoms with Gasteiger partial charge in [-0.05, 0) is 28.1 Å². The molecule has 25 heavy (non-hydrogen) atoms. The van der Waals surface area contributed by atoms with E-state index in [2.05, 4.69) is 47.1 Å². The van der Waals surface area contributed by atoms with Crippen LogP contribution in [-0.4, -0.2) is 9.79 Å². The highest BCUT2D eigenvalue weighted by Gasteiger charge is 2.43. The lowest BCUT2D eigenvalue weighted by Crippen LogP contribution is -3.00. The fourth-order valence-electron chi connectivity index (χ4n) is 2.76. The molecule has 1 aliphatic heterocycles. The van der Waals surface area contributed by atoms with Gasteiger partial charge in [0.15, 0.2) is 5.69 Å². The van der Waals surface area contributed by atoms with E-state index >= 15 is 0 Å². The maximum Gasteiger partial charge on any atom is 0.428 e. The van der Waals surface area contributed by atoms with Crippen molar-refractivity contribution in [2.24, 2.45) is 5.11 Å². The number of hydrazine groups is 2. The van der Waals surface area contributed by atoms with Gasteiger partial charge in [-0.1, -0.05) is 65.8 Å². The molecule has 5 nitrogen and oxygen atoms in total. The molecule has 0 saturated carbocycles. The van der Waals surface area contributed by atoms with Crippen molar-refractivity contribution in [2.75, 3.05) is 0 Å². The molecule has 0 atom stereocenters. The highest BCUT2D eigenvalue weighted by molar-refractivity contribution is 7.14. The maximum absolute atomic E-state index is 4.94. The molecule has 0 amide bonds. The van der Waals surface area contributed by atoms with Crippen molar-refractivity contribution in [2.45, 2.75) is 19.5 Å². The minimum Gasteiger partial charge on any atom is -1.00 e. The average molecular weight is 416 g/mol. The van der Waals surface area contributed by atoms with Gasteiger partial charge in [-0.2, -0.15) is 11.0 Å². The van der Waals surface area contributed by atoms with Crippen molar-refractivity contribution in [3.8, 4) is 0 Å². The zero-order valence-corrected chi connectivity index (χ0v) is 16.3. The number of azo groups is 1. The summed E-state index contributed by atoms with van der Waals surface area (Å²) in [5.74, 6) is 0. The third-order valence-electron chi connectivity index (χ3n) is 4.17. The number of rotatable bonds is 3. The van der Waals surface area contributed by atoms with Gasteiger partial charge in [-0.25, -0.2) is 0 Å². The Hall–Kier alpha value is -2.09. The minimum absolute atomic E-state index is 0. The normalized spacial score (nSPS) is 15.2. The Morgan fingerprint density at radius 3 is 1.96 bits per heavy atom. The van der Waals surface area contributed by atoms with E-state index in [1.165, 1.54) is 4.88 Å². The first-order valence-corrected chi connectivity index (χ1v) is 8.61. The van der Waals surface area contributed by atoms with Gasteiger partial charge >= 0.3 is 5.13 Å². The topological polar surface area (TPSA) is 52.3 Å². The van der Waals surface area contributed by atoms with Crippen LogP contribution in [0.5, 0.6) is 0 Å². The zero-order valence-electron chi connectivity index (χ0n) is 13.9. The summed E-state index contributed by atoms with van der Waals surface area (Å²) in [5.41, 5.74) is 9.00. The summed E-state index contributed by atoms with van der Waals surface area (Å²) < 4.78 is 0. The third-order valence-corrected chi connectivity index (χ3v) is 5.22. The van der Waals surface area contributed by atoms with Crippen molar-refractivity contribution in [1.29, 1.82) is 0 Å². The van der Waals surface area contributed by atoms with E-state index in [0.29, 0.717) is 0 Å². The van der Waals surface area contributed by atoms with Crippen LogP contribution in [-0.2, 0) is 5.66 Å². The standard InChI is InChI=1S/C18H17N5S.BrH/c1-13-14(2)24-17(19-13)23-21-18(20-22-23,15-9-5-3-6-10-15)16-11-7-4-8-12-16;/h3-12,21H,1-2H3;1H. The first kappa shape index (κ1) is 17.7. The molecule has 1 aliphatic rings. The number of benzene rings is 2. The smallest absolute Gasteiger partial charge is 0.428 e. The third kappa shape index (κ3) is 3.10. The Morgan fingerprint density at radius 1 is 0.920 bits per heavy atom. The molecule has 0 spiro atoms. The number of thiazole rings is 1. The summed E-state index contributed by atoms with van der Waals surface area (Å²) in [7, 11) is 0. The van der Waals surface area contributed by atoms with Crippen molar-refractivity contribution >= 4 is 16.5 Å². The molecule has 0 radical (unpaired) electrons. The first-order chi connectivity index (χ1) is 11.7. The Balaban J connectivity index is 0.00000182. The summed E-state index contributed by atoms with van der Waals surface area (Å²) in [6.45, 7) is 4.09. The van der Waals surface area contributed by atoms with Crippen molar-refractivity contribution in [3.05, 3.63) is 82.4 Å². The lowest BCUT2D eigenvalue weighted by molar-refractivity contribution is -0.565. The van der Waals surface area contributed by atoms with Crippen LogP contribution < -0.4 is 27.9 Å². The summed E-state index contributed by atoms with van der Waals surface area (Å²) in [5, 5.41) is 5.77. The Labute approximate surface area is 161 Å². The largest absolute Gasteiger partial charge is 1.00 e. The van der Waals surface area contributed by atoms with Gasteiger partial charge in [0.1, 0.15) is 0 Å². The minimum atomic E-state index is -0.685. The molecule has 3 aromatic rings. The summed E-state index contributed by atoms with van der Waals surface area (Å²) >= 11 is 1.62. The Bertz CT molecular complexity index is 833. The van der Waals surface area contributed by atoms with Gasteiger partial charge in [0.05, 0.1) is 4.88 Å². The van der Waals surface area contributed by atoms with Gasteiger partial charge in [0.2, 0.25) is 5.66 Å². The second kappa shape index (κ2) is 7.03. The molecule has 7 heteroatoms. The van der Waals surface area contributed by atoms with E-state index in [-0.39, 0.29) is 17.0 Å². The number of nitrogens with zero attached hydrogens (tertiary/aromatic N) is 3. The average Bonchev–Trinajstić information content (AvgIpc) is 3.22. The predicted octanol–water partition coefficient (Wildman–Crippen LogP) is 0.784. The van der Waals surface area contributed by atoms with Gasteiger partial charge < -0.3 is 17.0 Å². The number of halogens is 1. The van der Waals surface area contributed by atoms with E-state index in [4.69, 9.17) is 5.11 Å². The SMILES string of the molecule is Cc1nc([N+]2=NC(c3ccccc3)(c3ccccc3)NN2)sc1C.[Br-]. The van der Waals surface area contributed by atoms with Crippen molar-refractivity contribution in [3.63, 3.8) is 0 Å². The number of hydrogen-bond donors (Lipinski definition) is 2. The molecule has 0 fully saturated rings. The Kier molecular flexibility index (Phi) is 4.99. The summed E-state index contributed by atoms with van der Waals surface area (Å²) in [6.07, 6.45) is 0. The second-order valence-electron chi connectivity index (χ2n) is 5.73. The van der Waals surface area contributed by atoms with Crippen LogP contribution >= 0.6 is 11.3 Å². The van der Waals surface area contributed by atoms with Crippen LogP contribution in [0.25, 0.3) is 0 Å². The molecule has 0 aliphatic carbocycles. The first-order valence-electron chi connectivity index (χ1n) is 7.80. The van der Waals surface area contributed by atoms with Crippen LogP contribution in [0.3, 0.4) is 0 Å². The molecular weight excluding hydrogens is 398 g/mol. The predicted molar refractivity (Wildman–Crippen MR) is 93.9 cm³/mol. The number of aryl methyl sites for hydroxylation is 2. The van der Waals surface area contributed by atoms with Crippen LogP contribution in [0.15, 0.2) is 65.8 Å². The molecular formula is C18H18BrN5S. The summed E-state index contributed by atoms with van der Waals surface area (Å²) in [4.78, 5) is 7.51. The fraction of sp³-hybridized carbons (Fsp3) is 0.167. The maximum atomic E-state index is 4.94. The molecule has 2 heterocycles. The highest BCUT2D eigenvalue weighted by Crippen LogP contribution is 2.35. The summed E-state index contributed by atoms with van der Waals surface area (Å²) in [6, 6.07) is 20.4. The van der Waals surface area contributed by atoms with Crippen LogP contribution in [0, 0.1) is 13.8 Å². The monoisotopic (exact) mass is 415 g/mol. The Morgan fingerprint density at radius 2 is 1.48 bits per heavy atom. The van der Waals surface area contributed by atoms with Crippen molar-refractivity contribution < 1.29 is 21.8 Å². The molecule has 1 aromatic heterocycles.